The van der Waals surface area contributed by atoms with Crippen molar-refractivity contribution in [3.8, 4) is 0 Å². The molecular weight excluding hydrogens is 188 g/mol. The van der Waals surface area contributed by atoms with Gasteiger partial charge in [0, 0.05) is 6.92 Å². The van der Waals surface area contributed by atoms with Gasteiger partial charge in [-0.05, 0) is 24.7 Å². The molecule has 2 unspecified atom stereocenters. The van der Waals surface area contributed by atoms with E-state index in [0.29, 0.717) is 0 Å². The summed E-state index contributed by atoms with van der Waals surface area (Å²) in [5.74, 6) is 1.63. The number of esters is 1. The summed E-state index contributed by atoms with van der Waals surface area (Å²) in [6.07, 6.45) is 6.62. The van der Waals surface area contributed by atoms with Gasteiger partial charge < -0.3 is 4.74 Å². The van der Waals surface area contributed by atoms with E-state index in [1.54, 1.807) is 0 Å². The average Bonchev–Trinajstić information content (AvgIpc) is 2.43. The monoisotopic (exact) mass is 204 g/mol. The van der Waals surface area contributed by atoms with E-state index in [4.69, 9.17) is 4.74 Å². The van der Waals surface area contributed by atoms with Crippen molar-refractivity contribution in [3.63, 3.8) is 0 Å². The number of hydrogen-bond donors (Lipinski definition) is 0. The van der Waals surface area contributed by atoms with Crippen molar-refractivity contribution >= 4 is 18.4 Å². The number of carbonyl (C=O) groups excluding carboxylic acids is 1. The highest BCUT2D eigenvalue weighted by Crippen LogP contribution is 2.44. The van der Waals surface area contributed by atoms with Gasteiger partial charge >= 0.3 is 5.97 Å². The summed E-state index contributed by atoms with van der Waals surface area (Å²) in [4.78, 5) is 10.7. The zero-order chi connectivity index (χ0) is 8.55. The van der Waals surface area contributed by atoms with Gasteiger partial charge in [-0.3, -0.25) is 4.79 Å². The van der Waals surface area contributed by atoms with Gasteiger partial charge in [-0.1, -0.05) is 19.3 Å². The molecule has 2 nitrogen and oxygen atoms in total. The third-order valence-electron chi connectivity index (χ3n) is 3.28. The lowest BCUT2D eigenvalue weighted by Gasteiger charge is -2.10. The molecule has 2 saturated carbocycles. The first-order valence-corrected chi connectivity index (χ1v) is 4.93. The summed E-state index contributed by atoms with van der Waals surface area (Å²) in [6, 6.07) is 0. The molecule has 2 aliphatic rings. The van der Waals surface area contributed by atoms with Crippen LogP contribution in [0.2, 0.25) is 0 Å². The second-order valence-electron chi connectivity index (χ2n) is 4.15. The lowest BCUT2D eigenvalue weighted by molar-refractivity contribution is -0.146. The van der Waals surface area contributed by atoms with Gasteiger partial charge in [0.1, 0.15) is 6.10 Å². The maximum Gasteiger partial charge on any atom is 0.302 e. The number of carbonyl (C=O) groups is 1. The number of rotatable bonds is 1. The number of hydrogen-bond acceptors (Lipinski definition) is 2. The van der Waals surface area contributed by atoms with Crippen LogP contribution in [0.1, 0.15) is 39.0 Å². The highest BCUT2D eigenvalue weighted by atomic mass is 35.5. The van der Waals surface area contributed by atoms with Crippen molar-refractivity contribution in [2.75, 3.05) is 0 Å². The van der Waals surface area contributed by atoms with Crippen molar-refractivity contribution < 1.29 is 9.53 Å². The molecule has 0 aliphatic heterocycles. The van der Waals surface area contributed by atoms with Crippen LogP contribution >= 0.6 is 12.4 Å². The van der Waals surface area contributed by atoms with Gasteiger partial charge in [0.25, 0.3) is 0 Å². The average molecular weight is 205 g/mol. The van der Waals surface area contributed by atoms with Gasteiger partial charge in [0.15, 0.2) is 0 Å². The Morgan fingerprint density at radius 1 is 1.23 bits per heavy atom. The van der Waals surface area contributed by atoms with Crippen LogP contribution < -0.4 is 0 Å². The van der Waals surface area contributed by atoms with Crippen LogP contribution in [-0.4, -0.2) is 12.1 Å². The Kier molecular flexibility index (Phi) is 3.60. The number of halogens is 1. The molecule has 0 aromatic heterocycles. The first-order valence-electron chi connectivity index (χ1n) is 4.93. The Morgan fingerprint density at radius 3 is 2.23 bits per heavy atom. The summed E-state index contributed by atoms with van der Waals surface area (Å²) in [5.41, 5.74) is 0. The molecule has 2 aliphatic carbocycles. The van der Waals surface area contributed by atoms with E-state index in [0.717, 1.165) is 24.7 Å². The fourth-order valence-electron chi connectivity index (χ4n) is 2.84. The van der Waals surface area contributed by atoms with Crippen LogP contribution in [0.15, 0.2) is 0 Å². The lowest BCUT2D eigenvalue weighted by atomic mass is 10.0. The van der Waals surface area contributed by atoms with Crippen molar-refractivity contribution in [2.45, 2.75) is 45.1 Å². The highest BCUT2D eigenvalue weighted by Gasteiger charge is 2.38. The molecule has 0 heterocycles. The molecule has 0 amide bonds. The third-order valence-corrected chi connectivity index (χ3v) is 3.28. The Balaban J connectivity index is 0.000000845. The van der Waals surface area contributed by atoms with E-state index in [1.807, 2.05) is 0 Å². The van der Waals surface area contributed by atoms with Gasteiger partial charge in [0.2, 0.25) is 0 Å². The predicted molar refractivity (Wildman–Crippen MR) is 52.9 cm³/mol. The standard InChI is InChI=1S/C10H16O2.ClH/c1-7(11)12-10-5-8-3-2-4-9(8)6-10;/h8-10H,2-6H2,1H3;1H. The van der Waals surface area contributed by atoms with Gasteiger partial charge in [0.05, 0.1) is 0 Å². The molecule has 0 saturated heterocycles. The highest BCUT2D eigenvalue weighted by molar-refractivity contribution is 5.85. The molecule has 0 aromatic rings. The second-order valence-corrected chi connectivity index (χ2v) is 4.15. The Labute approximate surface area is 85.4 Å². The maximum atomic E-state index is 10.7. The van der Waals surface area contributed by atoms with E-state index < -0.39 is 0 Å². The molecule has 0 aromatic carbocycles. The third kappa shape index (κ3) is 2.37. The summed E-state index contributed by atoms with van der Waals surface area (Å²) in [6.45, 7) is 1.51. The maximum absolute atomic E-state index is 10.7. The predicted octanol–water partition coefficient (Wildman–Crippen LogP) is 2.55. The van der Waals surface area contributed by atoms with E-state index in [9.17, 15) is 4.79 Å². The first-order chi connectivity index (χ1) is 5.75. The zero-order valence-corrected chi connectivity index (χ0v) is 8.81. The van der Waals surface area contributed by atoms with Crippen molar-refractivity contribution in [1.82, 2.24) is 0 Å². The largest absolute Gasteiger partial charge is 0.463 e. The minimum Gasteiger partial charge on any atom is -0.463 e. The van der Waals surface area contributed by atoms with Crippen LogP contribution in [0.25, 0.3) is 0 Å². The molecule has 2 rings (SSSR count). The van der Waals surface area contributed by atoms with Crippen LogP contribution in [0, 0.1) is 11.8 Å². The van der Waals surface area contributed by atoms with Crippen LogP contribution in [0.3, 0.4) is 0 Å². The Morgan fingerprint density at radius 2 is 1.77 bits per heavy atom. The molecule has 0 N–H and O–H groups in total. The topological polar surface area (TPSA) is 26.3 Å². The molecule has 0 radical (unpaired) electrons. The van der Waals surface area contributed by atoms with Crippen LogP contribution in [0.5, 0.6) is 0 Å². The summed E-state index contributed by atoms with van der Waals surface area (Å²) < 4.78 is 5.21. The summed E-state index contributed by atoms with van der Waals surface area (Å²) >= 11 is 0. The molecule has 76 valence electrons. The van der Waals surface area contributed by atoms with Gasteiger partial charge in [-0.25, -0.2) is 0 Å². The fourth-order valence-corrected chi connectivity index (χ4v) is 2.84. The van der Waals surface area contributed by atoms with Crippen LogP contribution in [0.4, 0.5) is 0 Å². The minimum atomic E-state index is -0.111. The fraction of sp³-hybridized carbons (Fsp3) is 0.900. The first kappa shape index (κ1) is 10.8. The lowest BCUT2D eigenvalue weighted by Crippen LogP contribution is -2.12. The zero-order valence-electron chi connectivity index (χ0n) is 7.99. The van der Waals surface area contributed by atoms with E-state index >= 15 is 0 Å². The second kappa shape index (κ2) is 4.32. The van der Waals surface area contributed by atoms with E-state index in [-0.39, 0.29) is 24.5 Å². The van der Waals surface area contributed by atoms with Gasteiger partial charge in [-0.15, -0.1) is 12.4 Å². The molecule has 2 atom stereocenters. The molecule has 0 bridgehead atoms. The molecule has 13 heavy (non-hydrogen) atoms. The molecular formula is C10H17ClO2. The summed E-state index contributed by atoms with van der Waals surface area (Å²) in [7, 11) is 0. The van der Waals surface area contributed by atoms with Crippen LogP contribution in [-0.2, 0) is 9.53 Å². The van der Waals surface area contributed by atoms with E-state index in [2.05, 4.69) is 0 Å². The summed E-state index contributed by atoms with van der Waals surface area (Å²) in [5, 5.41) is 0. The molecule has 2 fully saturated rings. The number of ether oxygens (including phenoxy) is 1. The Bertz CT molecular complexity index is 181. The Hall–Kier alpha value is -0.240. The normalized spacial score (nSPS) is 36.5. The van der Waals surface area contributed by atoms with Gasteiger partial charge in [-0.2, -0.15) is 0 Å². The van der Waals surface area contributed by atoms with Crippen molar-refractivity contribution in [1.29, 1.82) is 0 Å². The van der Waals surface area contributed by atoms with Crippen molar-refractivity contribution in [3.05, 3.63) is 0 Å². The SMILES string of the molecule is CC(=O)OC1CC2CCCC2C1.Cl. The molecule has 0 spiro atoms. The quantitative estimate of drug-likeness (QED) is 0.614. The minimum absolute atomic E-state index is 0. The molecule has 3 heteroatoms. The number of fused-ring (bicyclic) bond motifs is 1. The van der Waals surface area contributed by atoms with Crippen molar-refractivity contribution in [2.24, 2.45) is 11.8 Å². The van der Waals surface area contributed by atoms with E-state index in [1.165, 1.54) is 26.2 Å². The smallest absolute Gasteiger partial charge is 0.302 e.